The van der Waals surface area contributed by atoms with Crippen LogP contribution in [-0.4, -0.2) is 70.2 Å². The maximum atomic E-state index is 12.6. The Hall–Kier alpha value is -1.66. The van der Waals surface area contributed by atoms with E-state index >= 15 is 0 Å². The molecule has 0 radical (unpaired) electrons. The molecule has 0 spiro atoms. The zero-order chi connectivity index (χ0) is 17.1. The van der Waals surface area contributed by atoms with Crippen molar-refractivity contribution in [1.29, 1.82) is 0 Å². The van der Waals surface area contributed by atoms with Crippen LogP contribution < -0.4 is 4.74 Å². The standard InChI is InChI=1S/C18H27N3O3/c1-13(2)24-17-7-6-14(12-19-17)18(23)21-10-8-20(9-11-21)15-4-3-5-16(15)22/h6-7,12-13,15-16,22H,3-5,8-11H2,1-2H3/t15-,16-/m0/s1. The summed E-state index contributed by atoms with van der Waals surface area (Å²) in [6.45, 7) is 6.95. The Balaban J connectivity index is 1.55. The van der Waals surface area contributed by atoms with Gasteiger partial charge in [0.2, 0.25) is 5.88 Å². The van der Waals surface area contributed by atoms with Gasteiger partial charge in [-0.05, 0) is 39.2 Å². The summed E-state index contributed by atoms with van der Waals surface area (Å²) in [5.41, 5.74) is 0.598. The normalized spacial score (nSPS) is 25.2. The first kappa shape index (κ1) is 17.2. The number of nitrogens with zero attached hydrogens (tertiary/aromatic N) is 3. The van der Waals surface area contributed by atoms with Crippen molar-refractivity contribution in [3.05, 3.63) is 23.9 Å². The van der Waals surface area contributed by atoms with Gasteiger partial charge in [-0.15, -0.1) is 0 Å². The molecule has 1 saturated heterocycles. The van der Waals surface area contributed by atoms with Crippen molar-refractivity contribution >= 4 is 5.91 Å². The van der Waals surface area contributed by atoms with Gasteiger partial charge in [0.05, 0.1) is 17.8 Å². The zero-order valence-corrected chi connectivity index (χ0v) is 14.5. The molecule has 3 rings (SSSR count). The van der Waals surface area contributed by atoms with Crippen molar-refractivity contribution in [3.8, 4) is 5.88 Å². The third kappa shape index (κ3) is 3.87. The molecule has 0 aromatic carbocycles. The summed E-state index contributed by atoms with van der Waals surface area (Å²) >= 11 is 0. The molecule has 1 aromatic heterocycles. The van der Waals surface area contributed by atoms with Gasteiger partial charge in [0.15, 0.2) is 0 Å². The molecule has 1 N–H and O–H groups in total. The first-order chi connectivity index (χ1) is 11.5. The highest BCUT2D eigenvalue weighted by atomic mass is 16.5. The van der Waals surface area contributed by atoms with E-state index in [0.717, 1.165) is 32.4 Å². The van der Waals surface area contributed by atoms with E-state index in [1.165, 1.54) is 0 Å². The highest BCUT2D eigenvalue weighted by molar-refractivity contribution is 5.94. The van der Waals surface area contributed by atoms with E-state index in [4.69, 9.17) is 4.74 Å². The monoisotopic (exact) mass is 333 g/mol. The SMILES string of the molecule is CC(C)Oc1ccc(C(=O)N2CCN([C@H]3CCC[C@@H]3O)CC2)cn1. The second-order valence-corrected chi connectivity index (χ2v) is 6.95. The molecular formula is C18H27N3O3. The third-order valence-electron chi connectivity index (χ3n) is 4.85. The van der Waals surface area contributed by atoms with Crippen LogP contribution in [0.25, 0.3) is 0 Å². The summed E-state index contributed by atoms with van der Waals surface area (Å²) in [5, 5.41) is 10.0. The maximum Gasteiger partial charge on any atom is 0.255 e. The zero-order valence-electron chi connectivity index (χ0n) is 14.5. The number of rotatable bonds is 4. The van der Waals surface area contributed by atoms with Crippen LogP contribution >= 0.6 is 0 Å². The van der Waals surface area contributed by atoms with Crippen LogP contribution in [0.3, 0.4) is 0 Å². The first-order valence-electron chi connectivity index (χ1n) is 8.88. The summed E-state index contributed by atoms with van der Waals surface area (Å²) in [5.74, 6) is 0.562. The van der Waals surface area contributed by atoms with Crippen molar-refractivity contribution in [1.82, 2.24) is 14.8 Å². The molecule has 0 unspecified atom stereocenters. The summed E-state index contributed by atoms with van der Waals surface area (Å²) in [6.07, 6.45) is 4.52. The Morgan fingerprint density at radius 2 is 2.00 bits per heavy atom. The molecule has 2 aliphatic rings. The number of hydrogen-bond acceptors (Lipinski definition) is 5. The van der Waals surface area contributed by atoms with E-state index in [2.05, 4.69) is 9.88 Å². The molecule has 2 atom stereocenters. The second kappa shape index (κ2) is 7.49. The Labute approximate surface area is 143 Å². The van der Waals surface area contributed by atoms with E-state index in [1.54, 1.807) is 18.3 Å². The van der Waals surface area contributed by atoms with Crippen LogP contribution in [0.2, 0.25) is 0 Å². The van der Waals surface area contributed by atoms with Gasteiger partial charge < -0.3 is 14.7 Å². The highest BCUT2D eigenvalue weighted by Crippen LogP contribution is 2.25. The fourth-order valence-electron chi connectivity index (χ4n) is 3.60. The third-order valence-corrected chi connectivity index (χ3v) is 4.85. The lowest BCUT2D eigenvalue weighted by atomic mass is 10.1. The van der Waals surface area contributed by atoms with Crippen molar-refractivity contribution in [3.63, 3.8) is 0 Å². The highest BCUT2D eigenvalue weighted by Gasteiger charge is 2.33. The minimum Gasteiger partial charge on any atom is -0.475 e. The summed E-state index contributed by atoms with van der Waals surface area (Å²) in [4.78, 5) is 21.0. The molecule has 1 amide bonds. The largest absolute Gasteiger partial charge is 0.475 e. The number of carbonyl (C=O) groups excluding carboxylic acids is 1. The van der Waals surface area contributed by atoms with Gasteiger partial charge in [0.25, 0.3) is 5.91 Å². The van der Waals surface area contributed by atoms with E-state index in [1.807, 2.05) is 18.7 Å². The number of aliphatic hydroxyl groups excluding tert-OH is 1. The van der Waals surface area contributed by atoms with Crippen LogP contribution in [0.5, 0.6) is 5.88 Å². The smallest absolute Gasteiger partial charge is 0.255 e. The van der Waals surface area contributed by atoms with Gasteiger partial charge in [0, 0.05) is 44.5 Å². The maximum absolute atomic E-state index is 12.6. The molecule has 2 heterocycles. The molecule has 1 saturated carbocycles. The van der Waals surface area contributed by atoms with Crippen LogP contribution in [0.4, 0.5) is 0 Å². The van der Waals surface area contributed by atoms with Gasteiger partial charge in [-0.3, -0.25) is 9.69 Å². The summed E-state index contributed by atoms with van der Waals surface area (Å²) in [7, 11) is 0. The Morgan fingerprint density at radius 3 is 2.54 bits per heavy atom. The number of hydrogen-bond donors (Lipinski definition) is 1. The van der Waals surface area contributed by atoms with Crippen LogP contribution in [-0.2, 0) is 0 Å². The van der Waals surface area contributed by atoms with Gasteiger partial charge in [-0.1, -0.05) is 0 Å². The Morgan fingerprint density at radius 1 is 1.25 bits per heavy atom. The Kier molecular flexibility index (Phi) is 5.36. The van der Waals surface area contributed by atoms with Gasteiger partial charge in [-0.2, -0.15) is 0 Å². The summed E-state index contributed by atoms with van der Waals surface area (Å²) < 4.78 is 5.51. The fraction of sp³-hybridized carbons (Fsp3) is 0.667. The predicted octanol–water partition coefficient (Wildman–Crippen LogP) is 1.54. The van der Waals surface area contributed by atoms with E-state index < -0.39 is 0 Å². The van der Waals surface area contributed by atoms with Crippen molar-refractivity contribution in [2.24, 2.45) is 0 Å². The van der Waals surface area contributed by atoms with Gasteiger partial charge in [-0.25, -0.2) is 4.98 Å². The lowest BCUT2D eigenvalue weighted by Gasteiger charge is -2.39. The van der Waals surface area contributed by atoms with Crippen LogP contribution in [0, 0.1) is 0 Å². The minimum atomic E-state index is -0.204. The number of piperazine rings is 1. The number of carbonyl (C=O) groups is 1. The molecule has 6 heteroatoms. The van der Waals surface area contributed by atoms with Crippen molar-refractivity contribution in [2.45, 2.75) is 51.4 Å². The molecule has 24 heavy (non-hydrogen) atoms. The van der Waals surface area contributed by atoms with E-state index in [-0.39, 0.29) is 24.2 Å². The average molecular weight is 333 g/mol. The summed E-state index contributed by atoms with van der Waals surface area (Å²) in [6, 6.07) is 3.80. The quantitative estimate of drug-likeness (QED) is 0.905. The van der Waals surface area contributed by atoms with Crippen LogP contribution in [0.15, 0.2) is 18.3 Å². The van der Waals surface area contributed by atoms with Crippen LogP contribution in [0.1, 0.15) is 43.5 Å². The molecule has 1 aliphatic heterocycles. The van der Waals surface area contributed by atoms with Gasteiger partial charge >= 0.3 is 0 Å². The van der Waals surface area contributed by atoms with E-state index in [0.29, 0.717) is 24.5 Å². The lowest BCUT2D eigenvalue weighted by Crippen LogP contribution is -2.53. The van der Waals surface area contributed by atoms with Gasteiger partial charge in [0.1, 0.15) is 0 Å². The van der Waals surface area contributed by atoms with Crippen molar-refractivity contribution in [2.75, 3.05) is 26.2 Å². The fourth-order valence-corrected chi connectivity index (χ4v) is 3.60. The number of aliphatic hydroxyl groups is 1. The molecule has 2 fully saturated rings. The number of aromatic nitrogens is 1. The minimum absolute atomic E-state index is 0.0187. The number of ether oxygens (including phenoxy) is 1. The molecule has 132 valence electrons. The topological polar surface area (TPSA) is 65.9 Å². The first-order valence-corrected chi connectivity index (χ1v) is 8.88. The molecule has 1 aliphatic carbocycles. The van der Waals surface area contributed by atoms with Crippen molar-refractivity contribution < 1.29 is 14.6 Å². The average Bonchev–Trinajstić information content (AvgIpc) is 3.00. The molecular weight excluding hydrogens is 306 g/mol. The molecule has 6 nitrogen and oxygen atoms in total. The number of amides is 1. The second-order valence-electron chi connectivity index (χ2n) is 6.95. The Bertz CT molecular complexity index is 553. The lowest BCUT2D eigenvalue weighted by molar-refractivity contribution is 0.0315. The van der Waals surface area contributed by atoms with E-state index in [9.17, 15) is 9.90 Å². The number of pyridine rings is 1. The molecule has 1 aromatic rings. The molecule has 0 bridgehead atoms. The predicted molar refractivity (Wildman–Crippen MR) is 91.1 cm³/mol.